The van der Waals surface area contributed by atoms with Crippen LogP contribution in [-0.2, 0) is 14.3 Å². The molecular formula is C24H31N3O4S. The van der Waals surface area contributed by atoms with Crippen LogP contribution in [0.3, 0.4) is 0 Å². The van der Waals surface area contributed by atoms with Gasteiger partial charge in [0.25, 0.3) is 5.91 Å². The van der Waals surface area contributed by atoms with Crippen LogP contribution in [0.4, 0.5) is 10.7 Å². The number of aryl methyl sites for hydroxylation is 1. The second-order valence-electron chi connectivity index (χ2n) is 9.02. The Morgan fingerprint density at radius 2 is 1.69 bits per heavy atom. The molecule has 1 unspecified atom stereocenters. The van der Waals surface area contributed by atoms with Crippen molar-refractivity contribution >= 4 is 39.8 Å². The van der Waals surface area contributed by atoms with Gasteiger partial charge in [-0.3, -0.25) is 9.59 Å². The van der Waals surface area contributed by atoms with Crippen molar-refractivity contribution in [1.29, 1.82) is 0 Å². The standard InChI is InChI=1S/C24H31N3O4S/c1-16-15-19(25-23(30)24(3,4)5)32-20(16)22(29)31-17(2)21(28)27-13-11-26(12-14-27)18-9-7-6-8-10-18/h6-10,15,17H,11-14H2,1-5H3,(H,25,30). The highest BCUT2D eigenvalue weighted by Gasteiger charge is 2.29. The molecule has 1 aliphatic heterocycles. The molecule has 172 valence electrons. The van der Waals surface area contributed by atoms with Gasteiger partial charge in [-0.15, -0.1) is 11.3 Å². The Bertz CT molecular complexity index is 973. The van der Waals surface area contributed by atoms with Crippen molar-refractivity contribution in [2.75, 3.05) is 36.4 Å². The van der Waals surface area contributed by atoms with Crippen LogP contribution < -0.4 is 10.2 Å². The van der Waals surface area contributed by atoms with Gasteiger partial charge in [0.1, 0.15) is 4.88 Å². The van der Waals surface area contributed by atoms with E-state index in [4.69, 9.17) is 4.74 Å². The second kappa shape index (κ2) is 9.73. The highest BCUT2D eigenvalue weighted by Crippen LogP contribution is 2.29. The molecule has 8 heteroatoms. The van der Waals surface area contributed by atoms with E-state index < -0.39 is 17.5 Å². The Hall–Kier alpha value is -2.87. The van der Waals surface area contributed by atoms with E-state index in [-0.39, 0.29) is 11.8 Å². The minimum atomic E-state index is -0.875. The Balaban J connectivity index is 1.55. The van der Waals surface area contributed by atoms with Gasteiger partial charge in [-0.2, -0.15) is 0 Å². The van der Waals surface area contributed by atoms with Crippen molar-refractivity contribution in [1.82, 2.24) is 4.90 Å². The van der Waals surface area contributed by atoms with Crippen molar-refractivity contribution in [3.05, 3.63) is 46.8 Å². The van der Waals surface area contributed by atoms with Gasteiger partial charge in [-0.05, 0) is 37.6 Å². The lowest BCUT2D eigenvalue weighted by Gasteiger charge is -2.37. The molecule has 2 aromatic rings. The minimum absolute atomic E-state index is 0.128. The Morgan fingerprint density at radius 3 is 2.28 bits per heavy atom. The van der Waals surface area contributed by atoms with Gasteiger partial charge in [0.2, 0.25) is 5.91 Å². The van der Waals surface area contributed by atoms with Crippen molar-refractivity contribution in [2.45, 2.75) is 40.7 Å². The summed E-state index contributed by atoms with van der Waals surface area (Å²) in [6.07, 6.45) is -0.875. The highest BCUT2D eigenvalue weighted by molar-refractivity contribution is 7.18. The van der Waals surface area contributed by atoms with Gasteiger partial charge >= 0.3 is 5.97 Å². The summed E-state index contributed by atoms with van der Waals surface area (Å²) in [5.41, 5.74) is 1.31. The Kier molecular flexibility index (Phi) is 7.23. The number of esters is 1. The summed E-state index contributed by atoms with van der Waals surface area (Å²) in [6.45, 7) is 11.5. The fraction of sp³-hybridized carbons (Fsp3) is 0.458. The third-order valence-electron chi connectivity index (χ3n) is 5.37. The summed E-state index contributed by atoms with van der Waals surface area (Å²) in [4.78, 5) is 42.1. The number of piperazine rings is 1. The number of hydrogen-bond donors (Lipinski definition) is 1. The van der Waals surface area contributed by atoms with Crippen LogP contribution >= 0.6 is 11.3 Å². The molecule has 1 aliphatic rings. The predicted molar refractivity (Wildman–Crippen MR) is 127 cm³/mol. The lowest BCUT2D eigenvalue weighted by atomic mass is 9.96. The number of para-hydroxylation sites is 1. The third-order valence-corrected chi connectivity index (χ3v) is 6.50. The smallest absolute Gasteiger partial charge is 0.349 e. The number of amides is 2. The van der Waals surface area contributed by atoms with Crippen molar-refractivity contribution in [3.63, 3.8) is 0 Å². The van der Waals surface area contributed by atoms with Crippen LogP contribution in [0, 0.1) is 12.3 Å². The Morgan fingerprint density at radius 1 is 1.06 bits per heavy atom. The molecule has 3 rings (SSSR count). The zero-order chi connectivity index (χ0) is 23.5. The molecule has 1 atom stereocenters. The predicted octanol–water partition coefficient (Wildman–Crippen LogP) is 3.94. The molecule has 2 heterocycles. The number of hydrogen-bond acceptors (Lipinski definition) is 6. The third kappa shape index (κ3) is 5.68. The maximum atomic E-state index is 12.8. The van der Waals surface area contributed by atoms with Crippen molar-refractivity contribution < 1.29 is 19.1 Å². The number of anilines is 2. The van der Waals surface area contributed by atoms with E-state index in [9.17, 15) is 14.4 Å². The van der Waals surface area contributed by atoms with E-state index in [1.54, 1.807) is 24.8 Å². The summed E-state index contributed by atoms with van der Waals surface area (Å²) in [6, 6.07) is 11.9. The molecule has 1 saturated heterocycles. The number of benzene rings is 1. The molecule has 1 N–H and O–H groups in total. The van der Waals surface area contributed by atoms with E-state index in [1.807, 2.05) is 39.0 Å². The molecule has 1 aromatic heterocycles. The summed E-state index contributed by atoms with van der Waals surface area (Å²) < 4.78 is 5.48. The molecule has 0 radical (unpaired) electrons. The van der Waals surface area contributed by atoms with Gasteiger partial charge in [-0.1, -0.05) is 39.0 Å². The molecule has 7 nitrogen and oxygen atoms in total. The maximum Gasteiger partial charge on any atom is 0.349 e. The first-order valence-corrected chi connectivity index (χ1v) is 11.6. The largest absolute Gasteiger partial charge is 0.448 e. The second-order valence-corrected chi connectivity index (χ2v) is 10.1. The van der Waals surface area contributed by atoms with Gasteiger partial charge in [-0.25, -0.2) is 4.79 Å². The van der Waals surface area contributed by atoms with Crippen LogP contribution in [0.5, 0.6) is 0 Å². The molecule has 1 fully saturated rings. The minimum Gasteiger partial charge on any atom is -0.448 e. The average molecular weight is 458 g/mol. The van der Waals surface area contributed by atoms with E-state index in [1.165, 1.54) is 0 Å². The first-order valence-electron chi connectivity index (χ1n) is 10.8. The number of nitrogens with zero attached hydrogens (tertiary/aromatic N) is 2. The van der Waals surface area contributed by atoms with Gasteiger partial charge in [0.15, 0.2) is 6.10 Å². The van der Waals surface area contributed by atoms with Crippen molar-refractivity contribution in [2.24, 2.45) is 5.41 Å². The number of ether oxygens (including phenoxy) is 1. The van der Waals surface area contributed by atoms with Gasteiger partial charge in [0.05, 0.1) is 5.00 Å². The lowest BCUT2D eigenvalue weighted by molar-refractivity contribution is -0.140. The summed E-state index contributed by atoms with van der Waals surface area (Å²) in [5.74, 6) is -0.870. The van der Waals surface area contributed by atoms with Gasteiger partial charge in [0, 0.05) is 37.3 Å². The van der Waals surface area contributed by atoms with Crippen molar-refractivity contribution in [3.8, 4) is 0 Å². The number of carbonyl (C=O) groups is 3. The van der Waals surface area contributed by atoms with Crippen LogP contribution in [-0.4, -0.2) is 55.0 Å². The number of carbonyl (C=O) groups excluding carboxylic acids is 3. The van der Waals surface area contributed by atoms with Crippen LogP contribution in [0.1, 0.15) is 42.9 Å². The fourth-order valence-electron chi connectivity index (χ4n) is 3.39. The lowest BCUT2D eigenvalue weighted by Crippen LogP contribution is -2.51. The molecule has 32 heavy (non-hydrogen) atoms. The SMILES string of the molecule is Cc1cc(NC(=O)C(C)(C)C)sc1C(=O)OC(C)C(=O)N1CCN(c2ccccc2)CC1. The number of rotatable bonds is 5. The highest BCUT2D eigenvalue weighted by atomic mass is 32.1. The first-order chi connectivity index (χ1) is 15.1. The van der Waals surface area contributed by atoms with E-state index >= 15 is 0 Å². The molecule has 0 saturated carbocycles. The molecule has 1 aromatic carbocycles. The van der Waals surface area contributed by atoms with E-state index in [0.29, 0.717) is 28.5 Å². The fourth-order valence-corrected chi connectivity index (χ4v) is 4.34. The molecule has 2 amide bonds. The zero-order valence-corrected chi connectivity index (χ0v) is 20.1. The maximum absolute atomic E-state index is 12.8. The Labute approximate surface area is 193 Å². The van der Waals surface area contributed by atoms with Crippen LogP contribution in [0.25, 0.3) is 0 Å². The normalized spacial score (nSPS) is 15.3. The number of nitrogens with one attached hydrogen (secondary N) is 1. The summed E-state index contributed by atoms with van der Waals surface area (Å²) in [5, 5.41) is 3.42. The summed E-state index contributed by atoms with van der Waals surface area (Å²) >= 11 is 1.16. The monoisotopic (exact) mass is 457 g/mol. The molecule has 0 spiro atoms. The molecular weight excluding hydrogens is 426 g/mol. The van der Waals surface area contributed by atoms with Gasteiger partial charge < -0.3 is 19.9 Å². The van der Waals surface area contributed by atoms with Crippen LogP contribution in [0.15, 0.2) is 36.4 Å². The van der Waals surface area contributed by atoms with E-state index in [2.05, 4.69) is 22.3 Å². The van der Waals surface area contributed by atoms with E-state index in [0.717, 1.165) is 30.1 Å². The quantitative estimate of drug-likeness (QED) is 0.688. The number of thiophene rings is 1. The first kappa shape index (κ1) is 23.8. The topological polar surface area (TPSA) is 78.9 Å². The molecule has 0 bridgehead atoms. The summed E-state index contributed by atoms with van der Waals surface area (Å²) in [7, 11) is 0. The van der Waals surface area contributed by atoms with Crippen LogP contribution in [0.2, 0.25) is 0 Å². The zero-order valence-electron chi connectivity index (χ0n) is 19.3. The average Bonchev–Trinajstić information content (AvgIpc) is 3.13. The molecule has 0 aliphatic carbocycles.